The molecule has 0 amide bonds. The largest absolute Gasteiger partial charge is 0.497 e. The number of hydrogen-bond donors (Lipinski definition) is 0. The summed E-state index contributed by atoms with van der Waals surface area (Å²) in [6, 6.07) is 7.67. The maximum atomic E-state index is 5.22. The molecular weight excluding hydrogens is 342 g/mol. The molecule has 1 aliphatic heterocycles. The molecular formula is C19H25N7O. The predicted molar refractivity (Wildman–Crippen MR) is 105 cm³/mol. The number of likely N-dealkylation sites (tertiary alicyclic amines) is 1. The second-order valence-corrected chi connectivity index (χ2v) is 6.90. The summed E-state index contributed by atoms with van der Waals surface area (Å²) in [5.41, 5.74) is 2.27. The van der Waals surface area contributed by atoms with Crippen molar-refractivity contribution in [2.24, 2.45) is 0 Å². The molecule has 0 bridgehead atoms. The van der Waals surface area contributed by atoms with Crippen LogP contribution in [0.4, 0.5) is 5.95 Å². The lowest BCUT2D eigenvalue weighted by Gasteiger charge is -2.19. The lowest BCUT2D eigenvalue weighted by molar-refractivity contribution is 0.335. The zero-order valence-electron chi connectivity index (χ0n) is 15.9. The van der Waals surface area contributed by atoms with Crippen molar-refractivity contribution in [3.63, 3.8) is 0 Å². The first-order valence-electron chi connectivity index (χ1n) is 9.41. The van der Waals surface area contributed by atoms with Crippen molar-refractivity contribution in [1.82, 2.24) is 29.9 Å². The molecule has 142 valence electrons. The Kier molecular flexibility index (Phi) is 5.15. The molecule has 3 heterocycles. The maximum Gasteiger partial charge on any atom is 0.227 e. The third-order valence-electron chi connectivity index (χ3n) is 5.00. The van der Waals surface area contributed by atoms with Crippen molar-refractivity contribution in [3.05, 3.63) is 30.5 Å². The van der Waals surface area contributed by atoms with Crippen LogP contribution in [0.5, 0.6) is 5.75 Å². The number of benzene rings is 1. The monoisotopic (exact) mass is 367 g/mol. The van der Waals surface area contributed by atoms with Crippen LogP contribution in [0.25, 0.3) is 16.9 Å². The molecule has 2 aromatic heterocycles. The molecule has 0 radical (unpaired) electrons. The molecule has 1 aliphatic rings. The Balaban J connectivity index is 1.50. The van der Waals surface area contributed by atoms with E-state index in [0.29, 0.717) is 17.1 Å². The molecule has 0 spiro atoms. The minimum Gasteiger partial charge on any atom is -0.497 e. The van der Waals surface area contributed by atoms with E-state index in [1.807, 2.05) is 31.3 Å². The lowest BCUT2D eigenvalue weighted by Crippen LogP contribution is -2.27. The van der Waals surface area contributed by atoms with Crippen LogP contribution < -0.4 is 9.64 Å². The van der Waals surface area contributed by atoms with E-state index in [9.17, 15) is 0 Å². The number of hydrogen-bond acceptors (Lipinski definition) is 7. The van der Waals surface area contributed by atoms with Crippen LogP contribution >= 0.6 is 0 Å². The quantitative estimate of drug-likeness (QED) is 0.633. The Morgan fingerprint density at radius 2 is 1.93 bits per heavy atom. The fourth-order valence-electron chi connectivity index (χ4n) is 3.44. The number of fused-ring (bicyclic) bond motifs is 1. The Hall–Kier alpha value is -2.74. The maximum absolute atomic E-state index is 5.22. The van der Waals surface area contributed by atoms with Gasteiger partial charge < -0.3 is 14.5 Å². The molecule has 1 fully saturated rings. The topological polar surface area (TPSA) is 72.2 Å². The molecule has 0 saturated carbocycles. The van der Waals surface area contributed by atoms with Crippen LogP contribution in [0.2, 0.25) is 0 Å². The van der Waals surface area contributed by atoms with Crippen molar-refractivity contribution >= 4 is 17.1 Å². The summed E-state index contributed by atoms with van der Waals surface area (Å²) < 4.78 is 6.95. The van der Waals surface area contributed by atoms with Gasteiger partial charge in [0.15, 0.2) is 11.2 Å². The van der Waals surface area contributed by atoms with Crippen molar-refractivity contribution < 1.29 is 4.74 Å². The van der Waals surface area contributed by atoms with Crippen molar-refractivity contribution in [1.29, 1.82) is 0 Å². The second-order valence-electron chi connectivity index (χ2n) is 6.90. The van der Waals surface area contributed by atoms with Crippen LogP contribution in [0, 0.1) is 0 Å². The average molecular weight is 367 g/mol. The standard InChI is InChI=1S/C19H25N7O/c1-24(10-5-13-25-11-3-4-12-25)19-20-14-17-18(21-19)26(23-22-17)15-6-8-16(27-2)9-7-15/h6-9,14H,3-5,10-13H2,1-2H3. The van der Waals surface area contributed by atoms with E-state index in [1.165, 1.54) is 25.9 Å². The van der Waals surface area contributed by atoms with Crippen LogP contribution in [-0.2, 0) is 0 Å². The molecule has 0 atom stereocenters. The molecule has 0 aliphatic carbocycles. The van der Waals surface area contributed by atoms with E-state index in [1.54, 1.807) is 18.0 Å². The first kappa shape index (κ1) is 17.7. The Morgan fingerprint density at radius 1 is 1.15 bits per heavy atom. The smallest absolute Gasteiger partial charge is 0.227 e. The third kappa shape index (κ3) is 3.85. The highest BCUT2D eigenvalue weighted by Gasteiger charge is 2.14. The number of methoxy groups -OCH3 is 1. The van der Waals surface area contributed by atoms with E-state index in [2.05, 4.69) is 25.1 Å². The van der Waals surface area contributed by atoms with Crippen LogP contribution in [0.15, 0.2) is 30.5 Å². The normalized spacial score (nSPS) is 14.7. The average Bonchev–Trinajstić information content (AvgIpc) is 3.37. The van der Waals surface area contributed by atoms with E-state index >= 15 is 0 Å². The van der Waals surface area contributed by atoms with E-state index < -0.39 is 0 Å². The summed E-state index contributed by atoms with van der Waals surface area (Å²) in [5, 5.41) is 8.42. The van der Waals surface area contributed by atoms with Gasteiger partial charge in [0.25, 0.3) is 0 Å². The van der Waals surface area contributed by atoms with Gasteiger partial charge in [-0.05, 0) is 63.2 Å². The fraction of sp³-hybridized carbons (Fsp3) is 0.474. The van der Waals surface area contributed by atoms with Crippen molar-refractivity contribution in [2.45, 2.75) is 19.3 Å². The Morgan fingerprint density at radius 3 is 2.67 bits per heavy atom. The van der Waals surface area contributed by atoms with Crippen LogP contribution in [0.3, 0.4) is 0 Å². The number of anilines is 1. The number of rotatable bonds is 7. The molecule has 0 N–H and O–H groups in total. The van der Waals surface area contributed by atoms with Gasteiger partial charge in [-0.15, -0.1) is 5.10 Å². The lowest BCUT2D eigenvalue weighted by atomic mass is 10.3. The number of nitrogens with zero attached hydrogens (tertiary/aromatic N) is 7. The first-order chi connectivity index (χ1) is 13.2. The van der Waals surface area contributed by atoms with Gasteiger partial charge in [0.2, 0.25) is 5.95 Å². The van der Waals surface area contributed by atoms with Gasteiger partial charge in [0, 0.05) is 13.6 Å². The zero-order chi connectivity index (χ0) is 18.6. The summed E-state index contributed by atoms with van der Waals surface area (Å²) in [6.07, 6.45) is 5.51. The minimum atomic E-state index is 0.681. The van der Waals surface area contributed by atoms with Gasteiger partial charge in [0.1, 0.15) is 5.75 Å². The highest BCUT2D eigenvalue weighted by Crippen LogP contribution is 2.19. The van der Waals surface area contributed by atoms with Gasteiger partial charge in [-0.1, -0.05) is 5.21 Å². The third-order valence-corrected chi connectivity index (χ3v) is 5.00. The second kappa shape index (κ2) is 7.87. The first-order valence-corrected chi connectivity index (χ1v) is 9.41. The molecule has 8 nitrogen and oxygen atoms in total. The SMILES string of the molecule is COc1ccc(-n2nnc3cnc(N(C)CCCN4CCCC4)nc32)cc1. The summed E-state index contributed by atoms with van der Waals surface area (Å²) >= 11 is 0. The number of ether oxygens (including phenoxy) is 1. The van der Waals surface area contributed by atoms with Crippen LogP contribution in [0.1, 0.15) is 19.3 Å². The molecule has 3 aromatic rings. The summed E-state index contributed by atoms with van der Waals surface area (Å²) in [7, 11) is 3.69. The zero-order valence-corrected chi connectivity index (χ0v) is 15.9. The van der Waals surface area contributed by atoms with E-state index in [-0.39, 0.29) is 0 Å². The molecule has 4 rings (SSSR count). The molecule has 1 aromatic carbocycles. The highest BCUT2D eigenvalue weighted by molar-refractivity contribution is 5.72. The Bertz CT molecular complexity index is 887. The molecule has 27 heavy (non-hydrogen) atoms. The highest BCUT2D eigenvalue weighted by atomic mass is 16.5. The fourth-order valence-corrected chi connectivity index (χ4v) is 3.44. The van der Waals surface area contributed by atoms with E-state index in [0.717, 1.165) is 30.9 Å². The summed E-state index contributed by atoms with van der Waals surface area (Å²) in [5.74, 6) is 1.50. The predicted octanol–water partition coefficient (Wildman–Crippen LogP) is 2.14. The number of aromatic nitrogens is 5. The van der Waals surface area contributed by atoms with Crippen molar-refractivity contribution in [3.8, 4) is 11.4 Å². The molecule has 8 heteroatoms. The van der Waals surface area contributed by atoms with Gasteiger partial charge in [-0.25, -0.2) is 4.98 Å². The Labute approximate surface area is 158 Å². The molecule has 1 saturated heterocycles. The summed E-state index contributed by atoms with van der Waals surface area (Å²) in [6.45, 7) is 4.53. The van der Waals surface area contributed by atoms with Gasteiger partial charge in [0.05, 0.1) is 19.0 Å². The van der Waals surface area contributed by atoms with Crippen molar-refractivity contribution in [2.75, 3.05) is 45.2 Å². The van der Waals surface area contributed by atoms with E-state index in [4.69, 9.17) is 9.72 Å². The van der Waals surface area contributed by atoms with Gasteiger partial charge >= 0.3 is 0 Å². The summed E-state index contributed by atoms with van der Waals surface area (Å²) in [4.78, 5) is 13.8. The van der Waals surface area contributed by atoms with Crippen LogP contribution in [-0.4, -0.2) is 70.2 Å². The minimum absolute atomic E-state index is 0.681. The van der Waals surface area contributed by atoms with Gasteiger partial charge in [-0.2, -0.15) is 9.67 Å². The van der Waals surface area contributed by atoms with Gasteiger partial charge in [-0.3, -0.25) is 0 Å². The molecule has 0 unspecified atom stereocenters.